The summed E-state index contributed by atoms with van der Waals surface area (Å²) in [7, 11) is 0. The first-order chi connectivity index (χ1) is 30.2. The molecule has 9 aliphatic rings. The fourth-order valence-corrected chi connectivity index (χ4v) is 14.2. The van der Waals surface area contributed by atoms with Crippen LogP contribution in [0.5, 0.6) is 0 Å². The number of esters is 1. The topological polar surface area (TPSA) is 245 Å². The highest BCUT2D eigenvalue weighted by Crippen LogP contribution is 2.70. The number of nitrogens with zero attached hydrogens (tertiary/aromatic N) is 2. The molecule has 5 heterocycles. The number of aliphatic hydroxyl groups is 2. The first-order valence-electron chi connectivity index (χ1n) is 23.3. The number of carbonyl (C=O) groups is 1. The number of cyclic esters (lactones) is 1. The monoisotopic (exact) mass is 910 g/mol. The van der Waals surface area contributed by atoms with E-state index >= 15 is 0 Å². The number of carbonyl (C=O) groups excluding carboxylic acids is 1. The SMILES string of the molecule is C[C@H]1O[C@@H](O[C@H]2CC[C@@]3(C)[C@H](CC[C@@H]4[C@@H]3CC[C@]3(C)[C@@H](C5=CC(=O)OC5)[C@@H](O)C[C@]43O)C2)C[C@H](O[N+](=O)[O-])[C@@H]1O[C@H]1C[C@H](O[N+](=O)[O-])[C@H](O[C@H]2C[C@@H]3OC(C)(C)O[C@@H]3[C@@H](C)O2)[C@@H](C)O1. The Balaban J connectivity index is 0.816. The lowest BCUT2D eigenvalue weighted by Crippen LogP contribution is -2.62. The molecule has 21 atom stereocenters. The van der Waals surface area contributed by atoms with Crippen LogP contribution < -0.4 is 0 Å². The van der Waals surface area contributed by atoms with Crippen molar-refractivity contribution in [2.75, 3.05) is 6.61 Å². The van der Waals surface area contributed by atoms with Gasteiger partial charge in [0.05, 0.1) is 42.2 Å². The molecule has 0 aromatic carbocycles. The number of fused-ring (bicyclic) bond motifs is 6. The van der Waals surface area contributed by atoms with Crippen LogP contribution in [-0.4, -0.2) is 130 Å². The molecule has 4 saturated carbocycles. The summed E-state index contributed by atoms with van der Waals surface area (Å²) in [6.07, 6.45) is -2.67. The molecule has 5 aliphatic heterocycles. The lowest BCUT2D eigenvalue weighted by atomic mass is 9.43. The summed E-state index contributed by atoms with van der Waals surface area (Å²) < 4.78 is 55.1. The fourth-order valence-electron chi connectivity index (χ4n) is 14.2. The summed E-state index contributed by atoms with van der Waals surface area (Å²) in [4.78, 5) is 45.9. The van der Waals surface area contributed by atoms with Crippen LogP contribution in [0, 0.1) is 54.7 Å². The number of rotatable bonds is 11. The highest BCUT2D eigenvalue weighted by atomic mass is 17.0. The summed E-state index contributed by atoms with van der Waals surface area (Å²) in [5.41, 5.74) is -0.940. The van der Waals surface area contributed by atoms with Gasteiger partial charge in [-0.1, -0.05) is 13.8 Å². The van der Waals surface area contributed by atoms with E-state index in [-0.39, 0.29) is 73.5 Å². The highest BCUT2D eigenvalue weighted by Gasteiger charge is 2.70. The van der Waals surface area contributed by atoms with Crippen LogP contribution in [0.2, 0.25) is 0 Å². The zero-order chi connectivity index (χ0) is 45.7. The van der Waals surface area contributed by atoms with Crippen molar-refractivity contribution in [3.05, 3.63) is 31.9 Å². The second kappa shape index (κ2) is 17.1. The molecule has 64 heavy (non-hydrogen) atoms. The smallest absolute Gasteiger partial charge is 0.331 e. The van der Waals surface area contributed by atoms with E-state index in [1.807, 2.05) is 20.8 Å². The van der Waals surface area contributed by atoms with Crippen LogP contribution >= 0.6 is 0 Å². The number of ether oxygens (including phenoxy) is 9. The van der Waals surface area contributed by atoms with Gasteiger partial charge in [0, 0.05) is 43.1 Å². The molecule has 0 spiro atoms. The van der Waals surface area contributed by atoms with Crippen LogP contribution in [0.1, 0.15) is 119 Å². The van der Waals surface area contributed by atoms with E-state index in [9.17, 15) is 35.2 Å². The molecule has 20 nitrogen and oxygen atoms in total. The molecule has 2 N–H and O–H groups in total. The molecule has 0 amide bonds. The first kappa shape index (κ1) is 46.3. The van der Waals surface area contributed by atoms with Gasteiger partial charge < -0.3 is 62.5 Å². The predicted octanol–water partition coefficient (Wildman–Crippen LogP) is 4.45. The minimum absolute atomic E-state index is 0.00609. The second-order valence-electron chi connectivity index (χ2n) is 21.1. The van der Waals surface area contributed by atoms with Gasteiger partial charge in [-0.05, 0) is 108 Å². The summed E-state index contributed by atoms with van der Waals surface area (Å²) in [5.74, 6) is -0.957. The summed E-state index contributed by atoms with van der Waals surface area (Å²) in [5, 5.41) is 45.9. The van der Waals surface area contributed by atoms with Crippen molar-refractivity contribution in [1.29, 1.82) is 0 Å². The number of aliphatic hydroxyl groups excluding tert-OH is 1. The molecular weight excluding hydrogens is 844 g/mol. The Morgan fingerprint density at radius 3 is 1.97 bits per heavy atom. The average Bonchev–Trinajstić information content (AvgIpc) is 3.82. The maximum Gasteiger partial charge on any atom is 0.331 e. The lowest BCUT2D eigenvalue weighted by Gasteiger charge is -2.63. The maximum atomic E-state index is 12.6. The minimum atomic E-state index is -1.13. The van der Waals surface area contributed by atoms with E-state index in [2.05, 4.69) is 13.8 Å². The molecule has 0 aromatic heterocycles. The number of hydrogen-bond acceptors (Lipinski definition) is 18. The Labute approximate surface area is 372 Å². The third-order valence-corrected chi connectivity index (χ3v) is 17.0. The van der Waals surface area contributed by atoms with Crippen molar-refractivity contribution in [3.8, 4) is 0 Å². The average molecular weight is 911 g/mol. The van der Waals surface area contributed by atoms with Gasteiger partial charge in [0.15, 0.2) is 24.7 Å². The highest BCUT2D eigenvalue weighted by molar-refractivity contribution is 5.85. The van der Waals surface area contributed by atoms with Crippen LogP contribution in [-0.2, 0) is 57.1 Å². The summed E-state index contributed by atoms with van der Waals surface area (Å²) >= 11 is 0. The van der Waals surface area contributed by atoms with Crippen molar-refractivity contribution in [3.63, 3.8) is 0 Å². The molecule has 4 aliphatic carbocycles. The molecule has 8 fully saturated rings. The van der Waals surface area contributed by atoms with Crippen molar-refractivity contribution in [2.24, 2.45) is 34.5 Å². The van der Waals surface area contributed by atoms with Crippen molar-refractivity contribution in [1.82, 2.24) is 0 Å². The predicted molar refractivity (Wildman–Crippen MR) is 216 cm³/mol. The van der Waals surface area contributed by atoms with Crippen LogP contribution in [0.4, 0.5) is 0 Å². The van der Waals surface area contributed by atoms with E-state index in [0.717, 1.165) is 50.5 Å². The van der Waals surface area contributed by atoms with Gasteiger partial charge in [-0.15, -0.1) is 20.2 Å². The zero-order valence-corrected chi connectivity index (χ0v) is 37.8. The van der Waals surface area contributed by atoms with E-state index < -0.39 is 94.5 Å². The van der Waals surface area contributed by atoms with Crippen LogP contribution in [0.15, 0.2) is 11.6 Å². The summed E-state index contributed by atoms with van der Waals surface area (Å²) in [6, 6.07) is 0. The molecule has 9 rings (SSSR count). The van der Waals surface area contributed by atoms with Crippen molar-refractivity contribution < 1.29 is 77.5 Å². The van der Waals surface area contributed by atoms with Gasteiger partial charge in [0.1, 0.15) is 37.1 Å². The molecule has 0 bridgehead atoms. The maximum absolute atomic E-state index is 12.6. The van der Waals surface area contributed by atoms with E-state index in [0.29, 0.717) is 12.3 Å². The van der Waals surface area contributed by atoms with Crippen LogP contribution in [0.3, 0.4) is 0 Å². The lowest BCUT2D eigenvalue weighted by molar-refractivity contribution is -0.774. The standard InChI is InChI=1S/C44H66N2O18/c1-21-38(60-36-18-32(64-46(52)53)39(22(2)56-36)59-35-16-30-40(23(3)57-35)62-41(4,5)61-30)31(63-45(50)51)17-34(55-21)58-26-10-12-42(6)25(15-26)8-9-28-27(42)11-13-43(7)37(24-14-33(48)54-20-24)29(47)19-44(28,43)49/h14,21-23,25-32,34-40,47,49H,8-13,15-20H2,1-7H3/t21-,22-,23-,25-,26+,27+,28-,29+,30+,31+,32+,34+,35+,36+,37+,38-,39-,40-,42+,43-,44+/m1/s1. The molecule has 4 saturated heterocycles. The van der Waals surface area contributed by atoms with Gasteiger partial charge >= 0.3 is 5.97 Å². The second-order valence-corrected chi connectivity index (χ2v) is 21.1. The van der Waals surface area contributed by atoms with Gasteiger partial charge in [-0.3, -0.25) is 0 Å². The van der Waals surface area contributed by atoms with Gasteiger partial charge in [-0.2, -0.15) is 0 Å². The van der Waals surface area contributed by atoms with E-state index in [4.69, 9.17) is 52.3 Å². The molecule has 0 unspecified atom stereocenters. The normalized spacial score (nSPS) is 50.8. The van der Waals surface area contributed by atoms with Gasteiger partial charge in [-0.25, -0.2) is 4.79 Å². The van der Waals surface area contributed by atoms with Crippen molar-refractivity contribution >= 4 is 5.97 Å². The van der Waals surface area contributed by atoms with E-state index in [1.165, 1.54) is 6.08 Å². The first-order valence-corrected chi connectivity index (χ1v) is 23.3. The molecule has 0 radical (unpaired) electrons. The van der Waals surface area contributed by atoms with Gasteiger partial charge in [0.25, 0.3) is 10.2 Å². The Bertz CT molecular complexity index is 1820. The quantitative estimate of drug-likeness (QED) is 0.126. The molecular formula is C44H66N2O18. The Morgan fingerprint density at radius 1 is 0.750 bits per heavy atom. The van der Waals surface area contributed by atoms with Crippen LogP contribution in [0.25, 0.3) is 0 Å². The molecule has 360 valence electrons. The number of hydrogen-bond donors (Lipinski definition) is 2. The molecule has 20 heteroatoms. The largest absolute Gasteiger partial charge is 0.458 e. The summed E-state index contributed by atoms with van der Waals surface area (Å²) in [6.45, 7) is 13.5. The minimum Gasteiger partial charge on any atom is -0.458 e. The third kappa shape index (κ3) is 8.33. The Hall–Kier alpha value is -2.79. The molecule has 0 aromatic rings. The zero-order valence-electron chi connectivity index (χ0n) is 37.8. The Kier molecular flexibility index (Phi) is 12.4. The fraction of sp³-hybridized carbons (Fsp3) is 0.932. The Morgan fingerprint density at radius 2 is 1.36 bits per heavy atom. The van der Waals surface area contributed by atoms with Gasteiger partial charge in [0.2, 0.25) is 0 Å². The van der Waals surface area contributed by atoms with E-state index in [1.54, 1.807) is 13.8 Å². The third-order valence-electron chi connectivity index (χ3n) is 17.0. The van der Waals surface area contributed by atoms with Crippen molar-refractivity contribution in [2.45, 2.75) is 216 Å².